The van der Waals surface area contributed by atoms with Crippen molar-refractivity contribution in [3.05, 3.63) is 58.7 Å². The van der Waals surface area contributed by atoms with E-state index in [9.17, 15) is 0 Å². The molecular weight excluding hydrogens is 416 g/mol. The molecule has 0 bridgehead atoms. The minimum Gasteiger partial charge on any atom is -0.371 e. The Morgan fingerprint density at radius 1 is 0.606 bits per heavy atom. The van der Waals surface area contributed by atoms with Crippen molar-refractivity contribution >= 4 is 11.4 Å². The monoisotopic (exact) mass is 450 g/mol. The Bertz CT molecular complexity index is 888. The van der Waals surface area contributed by atoms with Crippen LogP contribution in [0.1, 0.15) is 22.3 Å². The quantitative estimate of drug-likeness (QED) is 0.463. The Kier molecular flexibility index (Phi) is 5.78. The molecule has 4 aliphatic rings. The number of hydrogen-bond acceptors (Lipinski definition) is 6. The third-order valence-corrected chi connectivity index (χ3v) is 7.07. The first-order valence-corrected chi connectivity index (χ1v) is 12.3. The molecule has 4 aliphatic heterocycles. The molecule has 4 unspecified atom stereocenters. The second-order valence-electron chi connectivity index (χ2n) is 10.0. The van der Waals surface area contributed by atoms with Crippen LogP contribution in [0.2, 0.25) is 0 Å². The number of rotatable bonds is 12. The SMILES string of the molecule is Cc1cc(N(CC2CO2)CC2CO2)ccc1Cc1ccc(N(CC2CO2)CC2CO2)cc1C. The van der Waals surface area contributed by atoms with Gasteiger partial charge in [0.15, 0.2) is 0 Å². The van der Waals surface area contributed by atoms with E-state index in [-0.39, 0.29) is 0 Å². The van der Waals surface area contributed by atoms with Gasteiger partial charge in [-0.15, -0.1) is 0 Å². The summed E-state index contributed by atoms with van der Waals surface area (Å²) in [6, 6.07) is 13.8. The van der Waals surface area contributed by atoms with Crippen LogP contribution in [0.3, 0.4) is 0 Å². The number of nitrogens with zero attached hydrogens (tertiary/aromatic N) is 2. The number of aryl methyl sites for hydroxylation is 2. The Hall–Kier alpha value is -2.12. The molecule has 4 heterocycles. The minimum atomic E-state index is 0.377. The van der Waals surface area contributed by atoms with Gasteiger partial charge in [0.05, 0.1) is 50.8 Å². The number of ether oxygens (including phenoxy) is 4. The second kappa shape index (κ2) is 8.91. The van der Waals surface area contributed by atoms with E-state index in [1.807, 2.05) is 0 Å². The lowest BCUT2D eigenvalue weighted by atomic mass is 9.96. The first-order chi connectivity index (χ1) is 16.1. The summed E-state index contributed by atoms with van der Waals surface area (Å²) in [6.07, 6.45) is 2.46. The molecule has 176 valence electrons. The molecule has 6 heteroatoms. The normalized spacial score (nSPS) is 26.7. The summed E-state index contributed by atoms with van der Waals surface area (Å²) in [4.78, 5) is 4.85. The van der Waals surface area contributed by atoms with Crippen LogP contribution in [-0.4, -0.2) is 77.0 Å². The van der Waals surface area contributed by atoms with Crippen LogP contribution in [0.4, 0.5) is 11.4 Å². The van der Waals surface area contributed by atoms with E-state index in [2.05, 4.69) is 60.0 Å². The van der Waals surface area contributed by atoms with Gasteiger partial charge in [-0.3, -0.25) is 0 Å². The standard InChI is InChI=1S/C27H34N2O4/c1-18-7-22(28(10-24-14-30-24)11-25-15-31-25)5-3-20(18)9-21-4-6-23(8-19(21)2)29(12-26-16-32-26)13-27-17-33-27/h3-8,24-27H,9-17H2,1-2H3. The topological polar surface area (TPSA) is 56.6 Å². The van der Waals surface area contributed by atoms with E-state index in [1.54, 1.807) is 0 Å². The van der Waals surface area contributed by atoms with Crippen molar-refractivity contribution in [2.75, 3.05) is 62.4 Å². The molecular formula is C27H34N2O4. The number of epoxide rings is 4. The summed E-state index contributed by atoms with van der Waals surface area (Å²) in [5.41, 5.74) is 7.99. The maximum atomic E-state index is 5.48. The van der Waals surface area contributed by atoms with E-state index in [4.69, 9.17) is 18.9 Å². The van der Waals surface area contributed by atoms with Crippen molar-refractivity contribution in [3.8, 4) is 0 Å². The van der Waals surface area contributed by atoms with Gasteiger partial charge in [-0.2, -0.15) is 0 Å². The molecule has 0 spiro atoms. The third-order valence-electron chi connectivity index (χ3n) is 7.07. The second-order valence-corrected chi connectivity index (χ2v) is 10.0. The van der Waals surface area contributed by atoms with Gasteiger partial charge in [-0.1, -0.05) is 12.1 Å². The molecule has 6 nitrogen and oxygen atoms in total. The summed E-state index contributed by atoms with van der Waals surface area (Å²) in [6.45, 7) is 11.8. The lowest BCUT2D eigenvalue weighted by Crippen LogP contribution is -2.31. The Morgan fingerprint density at radius 3 is 1.21 bits per heavy atom. The van der Waals surface area contributed by atoms with Crippen LogP contribution in [0.25, 0.3) is 0 Å². The summed E-state index contributed by atoms with van der Waals surface area (Å²) < 4.78 is 21.9. The average Bonchev–Trinajstić information content (AvgIpc) is 3.59. The van der Waals surface area contributed by atoms with Crippen molar-refractivity contribution in [2.45, 2.75) is 44.7 Å². The maximum absolute atomic E-state index is 5.48. The number of hydrogen-bond donors (Lipinski definition) is 0. The van der Waals surface area contributed by atoms with Gasteiger partial charge in [-0.05, 0) is 66.8 Å². The van der Waals surface area contributed by atoms with Gasteiger partial charge in [0.25, 0.3) is 0 Å². The van der Waals surface area contributed by atoms with Crippen molar-refractivity contribution < 1.29 is 18.9 Å². The predicted octanol–water partition coefficient (Wildman–Crippen LogP) is 3.10. The summed E-state index contributed by atoms with van der Waals surface area (Å²) in [7, 11) is 0. The zero-order valence-corrected chi connectivity index (χ0v) is 19.7. The summed E-state index contributed by atoms with van der Waals surface area (Å²) in [5.74, 6) is 0. The van der Waals surface area contributed by atoms with Crippen LogP contribution in [0.5, 0.6) is 0 Å². The fourth-order valence-electron chi connectivity index (χ4n) is 4.60. The van der Waals surface area contributed by atoms with E-state index in [1.165, 1.54) is 33.6 Å². The van der Waals surface area contributed by atoms with E-state index in [0.717, 1.165) is 59.0 Å². The first-order valence-electron chi connectivity index (χ1n) is 12.3. The van der Waals surface area contributed by atoms with Crippen LogP contribution < -0.4 is 9.80 Å². The Labute approximate surface area is 196 Å². The smallest absolute Gasteiger partial charge is 0.0984 e. The van der Waals surface area contributed by atoms with Crippen molar-refractivity contribution in [3.63, 3.8) is 0 Å². The van der Waals surface area contributed by atoms with E-state index in [0.29, 0.717) is 24.4 Å². The average molecular weight is 451 g/mol. The molecule has 0 saturated carbocycles. The first kappa shape index (κ1) is 21.4. The van der Waals surface area contributed by atoms with Gasteiger partial charge in [0.2, 0.25) is 0 Å². The minimum absolute atomic E-state index is 0.377. The van der Waals surface area contributed by atoms with E-state index < -0.39 is 0 Å². The van der Waals surface area contributed by atoms with Crippen molar-refractivity contribution in [1.82, 2.24) is 0 Å². The summed E-state index contributed by atoms with van der Waals surface area (Å²) in [5, 5.41) is 0. The number of benzene rings is 2. The van der Waals surface area contributed by atoms with Gasteiger partial charge in [0, 0.05) is 37.6 Å². The van der Waals surface area contributed by atoms with Crippen molar-refractivity contribution in [2.24, 2.45) is 0 Å². The van der Waals surface area contributed by atoms with Crippen LogP contribution in [-0.2, 0) is 25.4 Å². The lowest BCUT2D eigenvalue weighted by Gasteiger charge is -2.25. The molecule has 4 atom stereocenters. The lowest BCUT2D eigenvalue weighted by molar-refractivity contribution is 0.388. The highest BCUT2D eigenvalue weighted by molar-refractivity contribution is 5.55. The third kappa shape index (κ3) is 5.69. The Morgan fingerprint density at radius 2 is 0.939 bits per heavy atom. The Balaban J connectivity index is 1.15. The van der Waals surface area contributed by atoms with Gasteiger partial charge in [-0.25, -0.2) is 0 Å². The maximum Gasteiger partial charge on any atom is 0.0984 e. The zero-order valence-electron chi connectivity index (χ0n) is 19.7. The molecule has 2 aromatic rings. The molecule has 2 aromatic carbocycles. The zero-order chi connectivity index (χ0) is 22.4. The van der Waals surface area contributed by atoms with Crippen molar-refractivity contribution in [1.29, 1.82) is 0 Å². The highest BCUT2D eigenvalue weighted by Gasteiger charge is 2.32. The predicted molar refractivity (Wildman–Crippen MR) is 129 cm³/mol. The van der Waals surface area contributed by atoms with E-state index >= 15 is 0 Å². The molecule has 0 aromatic heterocycles. The van der Waals surface area contributed by atoms with Crippen LogP contribution >= 0.6 is 0 Å². The molecule has 6 rings (SSSR count). The molecule has 0 radical (unpaired) electrons. The number of anilines is 2. The molecule has 33 heavy (non-hydrogen) atoms. The van der Waals surface area contributed by atoms with Crippen LogP contribution in [0, 0.1) is 13.8 Å². The fraction of sp³-hybridized carbons (Fsp3) is 0.556. The highest BCUT2D eigenvalue weighted by Crippen LogP contribution is 2.28. The molecule has 4 fully saturated rings. The summed E-state index contributed by atoms with van der Waals surface area (Å²) >= 11 is 0. The fourth-order valence-corrected chi connectivity index (χ4v) is 4.60. The van der Waals surface area contributed by atoms with Gasteiger partial charge < -0.3 is 28.7 Å². The molecule has 0 N–H and O–H groups in total. The van der Waals surface area contributed by atoms with Crippen LogP contribution in [0.15, 0.2) is 36.4 Å². The highest BCUT2D eigenvalue weighted by atomic mass is 16.6. The molecule has 0 aliphatic carbocycles. The largest absolute Gasteiger partial charge is 0.371 e. The molecule has 0 amide bonds. The van der Waals surface area contributed by atoms with Gasteiger partial charge in [0.1, 0.15) is 0 Å². The van der Waals surface area contributed by atoms with Gasteiger partial charge >= 0.3 is 0 Å². The molecule has 4 saturated heterocycles.